The van der Waals surface area contributed by atoms with Gasteiger partial charge in [-0.25, -0.2) is 0 Å². The average Bonchev–Trinajstić information content (AvgIpc) is 2.95. The SMILES string of the molecule is CCCN(CC(=O)O)Cc1nc(-c2ccc(CC)cc2)no1. The van der Waals surface area contributed by atoms with Gasteiger partial charge < -0.3 is 9.63 Å². The Labute approximate surface area is 129 Å². The van der Waals surface area contributed by atoms with E-state index in [-0.39, 0.29) is 6.54 Å². The summed E-state index contributed by atoms with van der Waals surface area (Å²) in [5.41, 5.74) is 2.15. The van der Waals surface area contributed by atoms with E-state index in [1.807, 2.05) is 31.2 Å². The summed E-state index contributed by atoms with van der Waals surface area (Å²) in [4.78, 5) is 17.0. The number of carbonyl (C=O) groups is 1. The number of aryl methyl sites for hydroxylation is 1. The zero-order valence-electron chi connectivity index (χ0n) is 13.0. The van der Waals surface area contributed by atoms with Crippen molar-refractivity contribution in [1.29, 1.82) is 0 Å². The Morgan fingerprint density at radius 2 is 2.00 bits per heavy atom. The molecule has 0 atom stereocenters. The molecule has 2 rings (SSSR count). The Hall–Kier alpha value is -2.21. The minimum atomic E-state index is -0.858. The van der Waals surface area contributed by atoms with E-state index in [0.29, 0.717) is 24.8 Å². The highest BCUT2D eigenvalue weighted by molar-refractivity contribution is 5.69. The lowest BCUT2D eigenvalue weighted by Crippen LogP contribution is -2.30. The number of nitrogens with zero attached hydrogens (tertiary/aromatic N) is 3. The predicted molar refractivity (Wildman–Crippen MR) is 82.3 cm³/mol. The third-order valence-corrected chi connectivity index (χ3v) is 3.35. The maximum absolute atomic E-state index is 10.9. The zero-order valence-corrected chi connectivity index (χ0v) is 13.0. The number of aliphatic carboxylic acids is 1. The molecule has 6 nitrogen and oxygen atoms in total. The molecule has 0 unspecified atom stereocenters. The Kier molecular flexibility index (Phi) is 5.66. The molecule has 0 fully saturated rings. The highest BCUT2D eigenvalue weighted by Crippen LogP contribution is 2.17. The molecule has 0 aliphatic carbocycles. The summed E-state index contributed by atoms with van der Waals surface area (Å²) in [5.74, 6) is 0.108. The predicted octanol–water partition coefficient (Wildman–Crippen LogP) is 2.60. The van der Waals surface area contributed by atoms with Crippen molar-refractivity contribution in [3.63, 3.8) is 0 Å². The Morgan fingerprint density at radius 1 is 1.27 bits per heavy atom. The summed E-state index contributed by atoms with van der Waals surface area (Å²) in [5, 5.41) is 12.9. The van der Waals surface area contributed by atoms with Crippen LogP contribution in [-0.2, 0) is 17.8 Å². The van der Waals surface area contributed by atoms with Crippen LogP contribution in [0.15, 0.2) is 28.8 Å². The Bertz CT molecular complexity index is 607. The van der Waals surface area contributed by atoms with Gasteiger partial charge in [0.25, 0.3) is 0 Å². The van der Waals surface area contributed by atoms with Gasteiger partial charge in [-0.05, 0) is 24.9 Å². The minimum Gasteiger partial charge on any atom is -0.480 e. The molecule has 2 aromatic rings. The number of carboxylic acids is 1. The molecule has 0 aliphatic rings. The zero-order chi connectivity index (χ0) is 15.9. The molecule has 0 saturated heterocycles. The van der Waals surface area contributed by atoms with Crippen molar-refractivity contribution in [3.05, 3.63) is 35.7 Å². The van der Waals surface area contributed by atoms with Crippen molar-refractivity contribution in [2.24, 2.45) is 0 Å². The van der Waals surface area contributed by atoms with Gasteiger partial charge in [0.1, 0.15) is 0 Å². The van der Waals surface area contributed by atoms with E-state index in [9.17, 15) is 4.79 Å². The molecule has 1 N–H and O–H groups in total. The monoisotopic (exact) mass is 303 g/mol. The van der Waals surface area contributed by atoms with Gasteiger partial charge in [-0.2, -0.15) is 4.98 Å². The van der Waals surface area contributed by atoms with Crippen molar-refractivity contribution < 1.29 is 14.4 Å². The molecule has 118 valence electrons. The molecule has 6 heteroatoms. The van der Waals surface area contributed by atoms with Crippen LogP contribution in [0.4, 0.5) is 0 Å². The quantitative estimate of drug-likeness (QED) is 0.807. The molecule has 1 heterocycles. The molecule has 1 aromatic carbocycles. The van der Waals surface area contributed by atoms with Crippen LogP contribution >= 0.6 is 0 Å². The lowest BCUT2D eigenvalue weighted by molar-refractivity contribution is -0.138. The lowest BCUT2D eigenvalue weighted by atomic mass is 10.1. The van der Waals surface area contributed by atoms with Crippen LogP contribution < -0.4 is 0 Å². The van der Waals surface area contributed by atoms with Gasteiger partial charge in [-0.1, -0.05) is 43.3 Å². The van der Waals surface area contributed by atoms with Gasteiger partial charge in [0.05, 0.1) is 13.1 Å². The second-order valence-electron chi connectivity index (χ2n) is 5.17. The highest BCUT2D eigenvalue weighted by atomic mass is 16.5. The summed E-state index contributed by atoms with van der Waals surface area (Å²) in [6.07, 6.45) is 1.85. The van der Waals surface area contributed by atoms with Crippen LogP contribution in [0.25, 0.3) is 11.4 Å². The first kappa shape index (κ1) is 16.2. The van der Waals surface area contributed by atoms with E-state index in [1.165, 1.54) is 5.56 Å². The molecule has 0 bridgehead atoms. The second kappa shape index (κ2) is 7.70. The van der Waals surface area contributed by atoms with E-state index in [0.717, 1.165) is 18.4 Å². The average molecular weight is 303 g/mol. The van der Waals surface area contributed by atoms with Gasteiger partial charge in [-0.3, -0.25) is 9.69 Å². The van der Waals surface area contributed by atoms with Gasteiger partial charge >= 0.3 is 5.97 Å². The van der Waals surface area contributed by atoms with E-state index in [1.54, 1.807) is 4.90 Å². The summed E-state index contributed by atoms with van der Waals surface area (Å²) in [7, 11) is 0. The molecule has 0 aliphatic heterocycles. The van der Waals surface area contributed by atoms with Gasteiger partial charge in [0.15, 0.2) is 0 Å². The number of aromatic nitrogens is 2. The van der Waals surface area contributed by atoms with Gasteiger partial charge in [-0.15, -0.1) is 0 Å². The van der Waals surface area contributed by atoms with Crippen molar-refractivity contribution in [2.75, 3.05) is 13.1 Å². The van der Waals surface area contributed by atoms with Crippen molar-refractivity contribution in [1.82, 2.24) is 15.0 Å². The third-order valence-electron chi connectivity index (χ3n) is 3.35. The normalized spacial score (nSPS) is 11.0. The smallest absolute Gasteiger partial charge is 0.317 e. The molecule has 0 saturated carbocycles. The van der Waals surface area contributed by atoms with E-state index in [2.05, 4.69) is 17.1 Å². The van der Waals surface area contributed by atoms with E-state index < -0.39 is 5.97 Å². The summed E-state index contributed by atoms with van der Waals surface area (Å²) >= 11 is 0. The van der Waals surface area contributed by atoms with Crippen molar-refractivity contribution >= 4 is 5.97 Å². The fourth-order valence-electron chi connectivity index (χ4n) is 2.24. The van der Waals surface area contributed by atoms with Crippen LogP contribution in [0.1, 0.15) is 31.7 Å². The topological polar surface area (TPSA) is 79.5 Å². The highest BCUT2D eigenvalue weighted by Gasteiger charge is 2.14. The summed E-state index contributed by atoms with van der Waals surface area (Å²) in [6.45, 7) is 5.10. The van der Waals surface area contributed by atoms with Crippen molar-refractivity contribution in [2.45, 2.75) is 33.2 Å². The largest absolute Gasteiger partial charge is 0.480 e. The maximum atomic E-state index is 10.9. The molecular formula is C16H21N3O3. The fourth-order valence-corrected chi connectivity index (χ4v) is 2.24. The second-order valence-corrected chi connectivity index (χ2v) is 5.17. The Balaban J connectivity index is 2.07. The standard InChI is InChI=1S/C16H21N3O3/c1-3-9-19(11-15(20)21)10-14-17-16(18-22-14)13-7-5-12(4-2)6-8-13/h5-8H,3-4,9-11H2,1-2H3,(H,20,21). The summed E-state index contributed by atoms with van der Waals surface area (Å²) in [6, 6.07) is 8.02. The van der Waals surface area contributed by atoms with E-state index in [4.69, 9.17) is 9.63 Å². The molecule has 0 amide bonds. The first-order valence-electron chi connectivity index (χ1n) is 7.48. The molecule has 1 aromatic heterocycles. The number of carboxylic acid groups (broad SMARTS) is 1. The van der Waals surface area contributed by atoms with Gasteiger partial charge in [0, 0.05) is 5.56 Å². The lowest BCUT2D eigenvalue weighted by Gasteiger charge is -2.16. The van der Waals surface area contributed by atoms with Crippen LogP contribution in [0.2, 0.25) is 0 Å². The molecular weight excluding hydrogens is 282 g/mol. The Morgan fingerprint density at radius 3 is 2.59 bits per heavy atom. The first-order chi connectivity index (χ1) is 10.6. The fraction of sp³-hybridized carbons (Fsp3) is 0.438. The number of benzene rings is 1. The van der Waals surface area contributed by atoms with Gasteiger partial charge in [0.2, 0.25) is 11.7 Å². The van der Waals surface area contributed by atoms with Crippen molar-refractivity contribution in [3.8, 4) is 11.4 Å². The summed E-state index contributed by atoms with van der Waals surface area (Å²) < 4.78 is 5.24. The minimum absolute atomic E-state index is 0.0310. The number of hydrogen-bond acceptors (Lipinski definition) is 5. The van der Waals surface area contributed by atoms with Crippen LogP contribution in [0, 0.1) is 0 Å². The molecule has 0 radical (unpaired) electrons. The third kappa shape index (κ3) is 4.39. The number of rotatable bonds is 8. The van der Waals surface area contributed by atoms with Crippen LogP contribution in [0.3, 0.4) is 0 Å². The molecule has 0 spiro atoms. The first-order valence-corrected chi connectivity index (χ1v) is 7.48. The molecule has 22 heavy (non-hydrogen) atoms. The van der Waals surface area contributed by atoms with E-state index >= 15 is 0 Å². The van der Waals surface area contributed by atoms with Crippen LogP contribution in [0.5, 0.6) is 0 Å². The number of hydrogen-bond donors (Lipinski definition) is 1. The van der Waals surface area contributed by atoms with Crippen LogP contribution in [-0.4, -0.2) is 39.2 Å². The maximum Gasteiger partial charge on any atom is 0.317 e.